The molecule has 22 heavy (non-hydrogen) atoms. The average Bonchev–Trinajstić information content (AvgIpc) is 2.41. The molecule has 1 aromatic heterocycles. The molecule has 0 amide bonds. The molecular weight excluding hydrogens is 306 g/mol. The van der Waals surface area contributed by atoms with Crippen molar-refractivity contribution in [2.75, 3.05) is 0 Å². The molecule has 2 aromatic rings. The molecular formula is C16H18F2N2OS. The van der Waals surface area contributed by atoms with Gasteiger partial charge in [-0.15, -0.1) is 0 Å². The molecule has 1 aromatic carbocycles. The largest absolute Gasteiger partial charge is 0.301 e. The zero-order valence-electron chi connectivity index (χ0n) is 12.7. The average molecular weight is 324 g/mol. The molecule has 0 aliphatic heterocycles. The number of halogens is 2. The minimum atomic E-state index is -0.619. The maximum Gasteiger partial charge on any atom is 0.251 e. The second-order valence-corrected chi connectivity index (χ2v) is 6.80. The molecule has 0 fully saturated rings. The predicted molar refractivity (Wildman–Crippen MR) is 84.3 cm³/mol. The number of benzene rings is 1. The van der Waals surface area contributed by atoms with Gasteiger partial charge < -0.3 is 4.98 Å². The standard InChI is InChI=1S/C16H18F2N2OS/c1-4-10(15-11(17)6-5-7-12(15)18)13-8-14(21)20-16(19-13)22-9(2)3/h5-10H,4H2,1-3H3,(H,19,20,21)/t10-/m1/s1. The number of aromatic nitrogens is 2. The van der Waals surface area contributed by atoms with E-state index in [1.165, 1.54) is 36.0 Å². The van der Waals surface area contributed by atoms with Crippen molar-refractivity contribution in [2.45, 2.75) is 43.5 Å². The second kappa shape index (κ2) is 7.05. The summed E-state index contributed by atoms with van der Waals surface area (Å²) in [5.41, 5.74) is 0.0327. The molecule has 6 heteroatoms. The second-order valence-electron chi connectivity index (χ2n) is 5.24. The lowest BCUT2D eigenvalue weighted by Crippen LogP contribution is -2.15. The molecule has 1 atom stereocenters. The highest BCUT2D eigenvalue weighted by Crippen LogP contribution is 2.31. The summed E-state index contributed by atoms with van der Waals surface area (Å²) in [5.74, 6) is -1.82. The summed E-state index contributed by atoms with van der Waals surface area (Å²) < 4.78 is 28.1. The molecule has 0 unspecified atom stereocenters. The number of aromatic amines is 1. The topological polar surface area (TPSA) is 45.8 Å². The molecule has 0 radical (unpaired) electrons. The van der Waals surface area contributed by atoms with E-state index in [1.54, 1.807) is 0 Å². The van der Waals surface area contributed by atoms with Crippen molar-refractivity contribution < 1.29 is 8.78 Å². The van der Waals surface area contributed by atoms with Crippen LogP contribution in [0.5, 0.6) is 0 Å². The van der Waals surface area contributed by atoms with Crippen molar-refractivity contribution in [3.05, 3.63) is 57.5 Å². The highest BCUT2D eigenvalue weighted by molar-refractivity contribution is 7.99. The van der Waals surface area contributed by atoms with Crippen molar-refractivity contribution >= 4 is 11.8 Å². The first kappa shape index (κ1) is 16.7. The number of nitrogens with zero attached hydrogens (tertiary/aromatic N) is 1. The third kappa shape index (κ3) is 3.74. The van der Waals surface area contributed by atoms with Gasteiger partial charge in [0, 0.05) is 22.8 Å². The Balaban J connectivity index is 2.52. The van der Waals surface area contributed by atoms with E-state index in [1.807, 2.05) is 20.8 Å². The van der Waals surface area contributed by atoms with E-state index >= 15 is 0 Å². The molecule has 1 N–H and O–H groups in total. The summed E-state index contributed by atoms with van der Waals surface area (Å²) in [6.07, 6.45) is 0.445. The summed E-state index contributed by atoms with van der Waals surface area (Å²) in [7, 11) is 0. The first-order valence-electron chi connectivity index (χ1n) is 7.14. The molecule has 0 aliphatic carbocycles. The molecule has 0 bridgehead atoms. The van der Waals surface area contributed by atoms with Gasteiger partial charge in [-0.2, -0.15) is 0 Å². The number of H-pyrrole nitrogens is 1. The lowest BCUT2D eigenvalue weighted by molar-refractivity contribution is 0.531. The fraction of sp³-hybridized carbons (Fsp3) is 0.375. The lowest BCUT2D eigenvalue weighted by Gasteiger charge is -2.17. The minimum absolute atomic E-state index is 0.0383. The van der Waals surface area contributed by atoms with Crippen LogP contribution < -0.4 is 5.56 Å². The van der Waals surface area contributed by atoms with E-state index in [-0.39, 0.29) is 16.4 Å². The van der Waals surface area contributed by atoms with Crippen molar-refractivity contribution in [1.82, 2.24) is 9.97 Å². The predicted octanol–water partition coefficient (Wildman–Crippen LogP) is 4.09. The van der Waals surface area contributed by atoms with Crippen molar-refractivity contribution in [3.63, 3.8) is 0 Å². The van der Waals surface area contributed by atoms with Gasteiger partial charge in [0.05, 0.1) is 5.69 Å². The van der Waals surface area contributed by atoms with Crippen LogP contribution in [0.2, 0.25) is 0 Å². The van der Waals surface area contributed by atoms with Crippen LogP contribution in [-0.2, 0) is 0 Å². The maximum atomic E-state index is 14.0. The molecule has 0 spiro atoms. The fourth-order valence-corrected chi connectivity index (χ4v) is 3.08. The minimum Gasteiger partial charge on any atom is -0.301 e. The number of thioether (sulfide) groups is 1. The zero-order chi connectivity index (χ0) is 16.3. The van der Waals surface area contributed by atoms with Crippen LogP contribution in [0.25, 0.3) is 0 Å². The summed E-state index contributed by atoms with van der Waals surface area (Å²) in [5, 5.41) is 0.705. The van der Waals surface area contributed by atoms with Gasteiger partial charge in [0.15, 0.2) is 5.16 Å². The van der Waals surface area contributed by atoms with Crippen molar-refractivity contribution in [1.29, 1.82) is 0 Å². The van der Waals surface area contributed by atoms with E-state index in [2.05, 4.69) is 9.97 Å². The Hall–Kier alpha value is -1.69. The summed E-state index contributed by atoms with van der Waals surface area (Å²) >= 11 is 1.40. The zero-order valence-corrected chi connectivity index (χ0v) is 13.5. The van der Waals surface area contributed by atoms with Crippen LogP contribution in [0.15, 0.2) is 34.2 Å². The van der Waals surface area contributed by atoms with Gasteiger partial charge in [0.1, 0.15) is 11.6 Å². The van der Waals surface area contributed by atoms with Gasteiger partial charge in [-0.05, 0) is 18.6 Å². The summed E-state index contributed by atoms with van der Waals surface area (Å²) in [4.78, 5) is 18.8. The van der Waals surface area contributed by atoms with Crippen LogP contribution in [0.3, 0.4) is 0 Å². The normalized spacial score (nSPS) is 12.6. The SMILES string of the molecule is CC[C@H](c1cc(=O)[nH]c(SC(C)C)n1)c1c(F)cccc1F. The van der Waals surface area contributed by atoms with Crippen LogP contribution in [-0.4, -0.2) is 15.2 Å². The van der Waals surface area contributed by atoms with Gasteiger partial charge in [-0.25, -0.2) is 13.8 Å². The molecule has 3 nitrogen and oxygen atoms in total. The molecule has 1 heterocycles. The summed E-state index contributed by atoms with van der Waals surface area (Å²) in [6, 6.07) is 5.08. The van der Waals surface area contributed by atoms with Crippen LogP contribution >= 0.6 is 11.8 Å². The number of hydrogen-bond donors (Lipinski definition) is 1. The van der Waals surface area contributed by atoms with Gasteiger partial charge in [0.2, 0.25) is 0 Å². The van der Waals surface area contributed by atoms with E-state index < -0.39 is 17.6 Å². The number of nitrogens with one attached hydrogen (secondary N) is 1. The summed E-state index contributed by atoms with van der Waals surface area (Å²) in [6.45, 7) is 5.77. The van der Waals surface area contributed by atoms with Gasteiger partial charge in [0.25, 0.3) is 5.56 Å². The Bertz CT molecular complexity index is 695. The Morgan fingerprint density at radius 2 is 1.91 bits per heavy atom. The van der Waals surface area contributed by atoms with Crippen LogP contribution in [0, 0.1) is 11.6 Å². The van der Waals surface area contributed by atoms with Crippen molar-refractivity contribution in [3.8, 4) is 0 Å². The molecule has 0 aliphatic rings. The highest BCUT2D eigenvalue weighted by atomic mass is 32.2. The molecule has 0 saturated heterocycles. The Kier molecular flexibility index (Phi) is 5.34. The van der Waals surface area contributed by atoms with E-state index in [4.69, 9.17) is 0 Å². The third-order valence-corrected chi connectivity index (χ3v) is 4.09. The molecule has 118 valence electrons. The van der Waals surface area contributed by atoms with Gasteiger partial charge in [-0.3, -0.25) is 4.79 Å². The van der Waals surface area contributed by atoms with E-state index in [9.17, 15) is 13.6 Å². The first-order chi connectivity index (χ1) is 10.4. The highest BCUT2D eigenvalue weighted by Gasteiger charge is 2.22. The monoisotopic (exact) mass is 324 g/mol. The third-order valence-electron chi connectivity index (χ3n) is 3.20. The lowest BCUT2D eigenvalue weighted by atomic mass is 9.92. The smallest absolute Gasteiger partial charge is 0.251 e. The first-order valence-corrected chi connectivity index (χ1v) is 8.02. The Morgan fingerprint density at radius 3 is 2.45 bits per heavy atom. The Morgan fingerprint density at radius 1 is 1.27 bits per heavy atom. The molecule has 0 saturated carbocycles. The van der Waals surface area contributed by atoms with Crippen LogP contribution in [0.1, 0.15) is 44.4 Å². The Labute approximate surface area is 132 Å². The van der Waals surface area contributed by atoms with E-state index in [0.29, 0.717) is 17.3 Å². The molecule has 2 rings (SSSR count). The van der Waals surface area contributed by atoms with E-state index in [0.717, 1.165) is 0 Å². The fourth-order valence-electron chi connectivity index (χ4n) is 2.32. The van der Waals surface area contributed by atoms with Crippen molar-refractivity contribution in [2.24, 2.45) is 0 Å². The van der Waals surface area contributed by atoms with Gasteiger partial charge in [-0.1, -0.05) is 38.6 Å². The number of rotatable bonds is 5. The van der Waals surface area contributed by atoms with Gasteiger partial charge >= 0.3 is 0 Å². The van der Waals surface area contributed by atoms with Crippen LogP contribution in [0.4, 0.5) is 8.78 Å². The quantitative estimate of drug-likeness (QED) is 0.665. The maximum absolute atomic E-state index is 14.0. The number of hydrogen-bond acceptors (Lipinski definition) is 3.